The molecular weight excluding hydrogens is 280 g/mol. The van der Waals surface area contributed by atoms with Crippen molar-refractivity contribution in [3.8, 4) is 5.88 Å². The van der Waals surface area contributed by atoms with Crippen molar-refractivity contribution in [1.82, 2.24) is 9.78 Å². The molecule has 0 spiro atoms. The largest absolute Gasteiger partial charge is 0.472 e. The van der Waals surface area contributed by atoms with E-state index in [0.29, 0.717) is 18.1 Å². The second-order valence-electron chi connectivity index (χ2n) is 4.83. The van der Waals surface area contributed by atoms with Crippen LogP contribution >= 0.6 is 0 Å². The van der Waals surface area contributed by atoms with Crippen LogP contribution in [0.25, 0.3) is 6.08 Å². The first-order valence-corrected chi connectivity index (χ1v) is 7.19. The lowest BCUT2D eigenvalue weighted by atomic mass is 10.0. The fourth-order valence-corrected chi connectivity index (χ4v) is 2.04. The Morgan fingerprint density at radius 3 is 2.86 bits per heavy atom. The number of carbonyl (C=O) groups is 1. The van der Waals surface area contributed by atoms with Crippen LogP contribution in [0.1, 0.15) is 34.8 Å². The molecule has 2 rings (SSSR count). The third-order valence-electron chi connectivity index (χ3n) is 3.14. The van der Waals surface area contributed by atoms with Crippen molar-refractivity contribution >= 4 is 12.0 Å². The fraction of sp³-hybridized carbons (Fsp3) is 0.294. The molecule has 1 heterocycles. The van der Waals surface area contributed by atoms with E-state index in [2.05, 4.69) is 11.7 Å². The van der Waals surface area contributed by atoms with Crippen LogP contribution < -0.4 is 4.74 Å². The van der Waals surface area contributed by atoms with Crippen LogP contribution in [0.3, 0.4) is 0 Å². The van der Waals surface area contributed by atoms with Crippen molar-refractivity contribution in [3.63, 3.8) is 0 Å². The van der Waals surface area contributed by atoms with Crippen LogP contribution in [-0.4, -0.2) is 22.4 Å². The van der Waals surface area contributed by atoms with E-state index >= 15 is 0 Å². The zero-order chi connectivity index (χ0) is 15.9. The molecule has 0 unspecified atom stereocenters. The highest BCUT2D eigenvalue weighted by molar-refractivity contribution is 5.92. The highest BCUT2D eigenvalue weighted by Crippen LogP contribution is 2.20. The number of hydrogen-bond donors (Lipinski definition) is 0. The SMILES string of the molecule is C=Cc1cccc(C(=O)OCCC)c1COc1ccn(C)n1. The molecule has 0 amide bonds. The van der Waals surface area contributed by atoms with E-state index in [9.17, 15) is 4.79 Å². The van der Waals surface area contributed by atoms with Crippen LogP contribution in [0.4, 0.5) is 0 Å². The normalized spacial score (nSPS) is 10.3. The lowest BCUT2D eigenvalue weighted by Gasteiger charge is -2.12. The third-order valence-corrected chi connectivity index (χ3v) is 3.14. The summed E-state index contributed by atoms with van der Waals surface area (Å²) in [6.07, 6.45) is 4.28. The third kappa shape index (κ3) is 3.75. The summed E-state index contributed by atoms with van der Waals surface area (Å²) in [4.78, 5) is 12.2. The molecule has 1 aromatic carbocycles. The Hall–Kier alpha value is -2.56. The van der Waals surface area contributed by atoms with Crippen LogP contribution in [0.15, 0.2) is 37.0 Å². The molecule has 0 fully saturated rings. The van der Waals surface area contributed by atoms with E-state index in [1.165, 1.54) is 0 Å². The number of aryl methyl sites for hydroxylation is 1. The Morgan fingerprint density at radius 2 is 2.23 bits per heavy atom. The standard InChI is InChI=1S/C17H20N2O3/c1-4-11-21-17(20)14-8-6-7-13(5-2)15(14)12-22-16-9-10-19(3)18-16/h5-10H,2,4,11-12H2,1,3H3. The second-order valence-corrected chi connectivity index (χ2v) is 4.83. The zero-order valence-corrected chi connectivity index (χ0v) is 12.9. The highest BCUT2D eigenvalue weighted by Gasteiger charge is 2.16. The van der Waals surface area contributed by atoms with Crippen molar-refractivity contribution in [1.29, 1.82) is 0 Å². The summed E-state index contributed by atoms with van der Waals surface area (Å²) in [6.45, 7) is 6.38. The van der Waals surface area contributed by atoms with Gasteiger partial charge in [0.25, 0.3) is 0 Å². The molecule has 0 radical (unpaired) electrons. The minimum absolute atomic E-state index is 0.232. The number of carbonyl (C=O) groups excluding carboxylic acids is 1. The van der Waals surface area contributed by atoms with Gasteiger partial charge in [-0.15, -0.1) is 5.10 Å². The smallest absolute Gasteiger partial charge is 0.338 e. The van der Waals surface area contributed by atoms with Gasteiger partial charge in [-0.1, -0.05) is 31.7 Å². The summed E-state index contributed by atoms with van der Waals surface area (Å²) >= 11 is 0. The Labute approximate surface area is 130 Å². The van der Waals surface area contributed by atoms with Gasteiger partial charge in [0.2, 0.25) is 5.88 Å². The van der Waals surface area contributed by atoms with Crippen LogP contribution in [0.2, 0.25) is 0 Å². The predicted molar refractivity (Wildman–Crippen MR) is 84.6 cm³/mol. The van der Waals surface area contributed by atoms with Gasteiger partial charge in [0.15, 0.2) is 0 Å². The molecule has 116 valence electrons. The summed E-state index contributed by atoms with van der Waals surface area (Å²) in [5, 5.41) is 4.16. The molecule has 0 aliphatic carbocycles. The minimum Gasteiger partial charge on any atom is -0.472 e. The summed E-state index contributed by atoms with van der Waals surface area (Å²) in [5.74, 6) is 0.166. The molecule has 5 heteroatoms. The van der Waals surface area contributed by atoms with Gasteiger partial charge in [0.1, 0.15) is 6.61 Å². The number of aromatic nitrogens is 2. The highest BCUT2D eigenvalue weighted by atomic mass is 16.5. The van der Waals surface area contributed by atoms with E-state index in [-0.39, 0.29) is 12.6 Å². The van der Waals surface area contributed by atoms with E-state index in [1.54, 1.807) is 29.1 Å². The van der Waals surface area contributed by atoms with E-state index in [0.717, 1.165) is 17.5 Å². The van der Waals surface area contributed by atoms with Gasteiger partial charge in [0, 0.05) is 24.9 Å². The molecule has 0 saturated heterocycles. The molecule has 1 aromatic heterocycles. The van der Waals surface area contributed by atoms with Crippen molar-refractivity contribution in [3.05, 3.63) is 53.7 Å². The van der Waals surface area contributed by atoms with Crippen molar-refractivity contribution in [2.75, 3.05) is 6.61 Å². The molecule has 0 atom stereocenters. The Balaban J connectivity index is 2.22. The molecule has 22 heavy (non-hydrogen) atoms. The van der Waals surface area contributed by atoms with Crippen LogP contribution in [0.5, 0.6) is 5.88 Å². The summed E-state index contributed by atoms with van der Waals surface area (Å²) < 4.78 is 12.5. The van der Waals surface area contributed by atoms with Gasteiger partial charge in [0.05, 0.1) is 12.2 Å². The first-order chi connectivity index (χ1) is 10.7. The average molecular weight is 300 g/mol. The summed E-state index contributed by atoms with van der Waals surface area (Å²) in [7, 11) is 1.82. The topological polar surface area (TPSA) is 53.4 Å². The molecule has 0 aliphatic rings. The number of ether oxygens (including phenoxy) is 2. The van der Waals surface area contributed by atoms with Gasteiger partial charge in [-0.3, -0.25) is 4.68 Å². The maximum atomic E-state index is 12.2. The number of rotatable bonds is 7. The number of hydrogen-bond acceptors (Lipinski definition) is 4. The van der Waals surface area contributed by atoms with Gasteiger partial charge in [-0.25, -0.2) is 4.79 Å². The Morgan fingerprint density at radius 1 is 1.41 bits per heavy atom. The quantitative estimate of drug-likeness (QED) is 0.737. The van der Waals surface area contributed by atoms with Crippen molar-refractivity contribution < 1.29 is 14.3 Å². The van der Waals surface area contributed by atoms with E-state index < -0.39 is 0 Å². The monoisotopic (exact) mass is 300 g/mol. The zero-order valence-electron chi connectivity index (χ0n) is 12.9. The lowest BCUT2D eigenvalue weighted by Crippen LogP contribution is -2.12. The van der Waals surface area contributed by atoms with Crippen LogP contribution in [-0.2, 0) is 18.4 Å². The van der Waals surface area contributed by atoms with Gasteiger partial charge >= 0.3 is 5.97 Å². The summed E-state index contributed by atoms with van der Waals surface area (Å²) in [5.41, 5.74) is 2.10. The van der Waals surface area contributed by atoms with E-state index in [1.807, 2.05) is 26.1 Å². The molecule has 5 nitrogen and oxygen atoms in total. The molecule has 0 aliphatic heterocycles. The molecule has 0 bridgehead atoms. The fourth-order valence-electron chi connectivity index (χ4n) is 2.04. The van der Waals surface area contributed by atoms with Crippen LogP contribution in [0, 0.1) is 0 Å². The molecular formula is C17H20N2O3. The second kappa shape index (κ2) is 7.45. The number of benzene rings is 1. The number of esters is 1. The van der Waals surface area contributed by atoms with Crippen molar-refractivity contribution in [2.24, 2.45) is 7.05 Å². The molecule has 0 saturated carbocycles. The maximum Gasteiger partial charge on any atom is 0.338 e. The van der Waals surface area contributed by atoms with Crippen molar-refractivity contribution in [2.45, 2.75) is 20.0 Å². The minimum atomic E-state index is -0.342. The predicted octanol–water partition coefficient (Wildman–Crippen LogP) is 3.21. The molecule has 0 N–H and O–H groups in total. The van der Waals surface area contributed by atoms with Gasteiger partial charge < -0.3 is 9.47 Å². The Bertz CT molecular complexity index is 662. The maximum absolute atomic E-state index is 12.2. The molecule has 2 aromatic rings. The first kappa shape index (κ1) is 15.8. The van der Waals surface area contributed by atoms with Gasteiger partial charge in [-0.2, -0.15) is 0 Å². The summed E-state index contributed by atoms with van der Waals surface area (Å²) in [6, 6.07) is 7.21. The van der Waals surface area contributed by atoms with Gasteiger partial charge in [-0.05, 0) is 18.1 Å². The first-order valence-electron chi connectivity index (χ1n) is 7.19. The van der Waals surface area contributed by atoms with E-state index in [4.69, 9.17) is 9.47 Å². The lowest BCUT2D eigenvalue weighted by molar-refractivity contribution is 0.0502. The average Bonchev–Trinajstić information content (AvgIpc) is 2.95. The number of nitrogens with zero attached hydrogens (tertiary/aromatic N) is 2. The Kier molecular flexibility index (Phi) is 5.36.